The number of fused-ring (bicyclic) bond motifs is 1. The summed E-state index contributed by atoms with van der Waals surface area (Å²) in [6.45, 7) is 3.15. The van der Waals surface area contributed by atoms with Crippen LogP contribution in [0.15, 0.2) is 18.2 Å². The Balaban J connectivity index is 1.91. The van der Waals surface area contributed by atoms with Gasteiger partial charge in [0.1, 0.15) is 5.75 Å². The average molecular weight is 273 g/mol. The minimum Gasteiger partial charge on any atom is -0.493 e. The van der Waals surface area contributed by atoms with Crippen LogP contribution in [0.2, 0.25) is 0 Å². The van der Waals surface area contributed by atoms with Crippen LogP contribution < -0.4 is 10.5 Å². The predicted octanol–water partition coefficient (Wildman–Crippen LogP) is 4.16. The van der Waals surface area contributed by atoms with Crippen molar-refractivity contribution in [2.45, 2.75) is 63.8 Å². The van der Waals surface area contributed by atoms with Crippen LogP contribution in [0.5, 0.6) is 5.75 Å². The van der Waals surface area contributed by atoms with Gasteiger partial charge in [0, 0.05) is 11.1 Å². The maximum absolute atomic E-state index is 6.84. The van der Waals surface area contributed by atoms with Gasteiger partial charge in [-0.25, -0.2) is 0 Å². The third-order valence-corrected chi connectivity index (χ3v) is 5.28. The molecular formula is C18H27NO. The molecule has 20 heavy (non-hydrogen) atoms. The van der Waals surface area contributed by atoms with Gasteiger partial charge in [0.05, 0.1) is 6.61 Å². The molecule has 1 heterocycles. The maximum atomic E-state index is 6.84. The molecular weight excluding hydrogens is 246 g/mol. The number of nitrogens with two attached hydrogens (primary N) is 1. The largest absolute Gasteiger partial charge is 0.493 e. The first-order valence-electron chi connectivity index (χ1n) is 8.27. The van der Waals surface area contributed by atoms with Gasteiger partial charge in [-0.2, -0.15) is 0 Å². The van der Waals surface area contributed by atoms with Crippen molar-refractivity contribution in [3.63, 3.8) is 0 Å². The zero-order valence-corrected chi connectivity index (χ0v) is 12.7. The van der Waals surface area contributed by atoms with E-state index < -0.39 is 0 Å². The highest BCUT2D eigenvalue weighted by Gasteiger charge is 2.34. The Bertz CT molecular complexity index is 470. The molecule has 1 aromatic carbocycles. The summed E-state index contributed by atoms with van der Waals surface area (Å²) >= 11 is 0. The lowest BCUT2D eigenvalue weighted by molar-refractivity contribution is 0.270. The number of hydrogen-bond donors (Lipinski definition) is 1. The normalized spacial score (nSPS) is 30.2. The second-order valence-electron chi connectivity index (χ2n) is 6.61. The standard InChI is InChI=1S/C18H27NO/c1-2-14-6-4-11-18(19,12-10-14)16-9-3-7-15-8-5-13-20-17(15)16/h3,7,9,14H,2,4-6,8,10-13,19H2,1H3. The van der Waals surface area contributed by atoms with Crippen LogP contribution in [0.4, 0.5) is 0 Å². The number of hydrogen-bond acceptors (Lipinski definition) is 2. The molecule has 0 radical (unpaired) electrons. The summed E-state index contributed by atoms with van der Waals surface area (Å²) in [7, 11) is 0. The number of ether oxygens (including phenoxy) is 1. The van der Waals surface area contributed by atoms with E-state index in [1.54, 1.807) is 0 Å². The highest BCUT2D eigenvalue weighted by atomic mass is 16.5. The van der Waals surface area contributed by atoms with Gasteiger partial charge in [0.2, 0.25) is 0 Å². The second-order valence-corrected chi connectivity index (χ2v) is 6.61. The lowest BCUT2D eigenvalue weighted by Gasteiger charge is -2.33. The lowest BCUT2D eigenvalue weighted by atomic mass is 9.81. The van der Waals surface area contributed by atoms with Crippen molar-refractivity contribution in [2.24, 2.45) is 11.7 Å². The molecule has 2 atom stereocenters. The summed E-state index contributed by atoms with van der Waals surface area (Å²) in [5, 5.41) is 0. The molecule has 1 aliphatic heterocycles. The molecule has 0 aromatic heterocycles. The predicted molar refractivity (Wildman–Crippen MR) is 83.0 cm³/mol. The van der Waals surface area contributed by atoms with E-state index in [2.05, 4.69) is 25.1 Å². The van der Waals surface area contributed by atoms with Crippen LogP contribution in [0.3, 0.4) is 0 Å². The fourth-order valence-electron chi connectivity index (χ4n) is 3.90. The molecule has 1 aromatic rings. The zero-order chi connectivity index (χ0) is 14.0. The molecule has 0 amide bonds. The summed E-state index contributed by atoms with van der Waals surface area (Å²) in [6, 6.07) is 6.57. The van der Waals surface area contributed by atoms with Crippen molar-refractivity contribution in [2.75, 3.05) is 6.61 Å². The number of para-hydroxylation sites is 1. The van der Waals surface area contributed by atoms with E-state index in [4.69, 9.17) is 10.5 Å². The molecule has 1 fully saturated rings. The van der Waals surface area contributed by atoms with Gasteiger partial charge in [0.25, 0.3) is 0 Å². The first-order chi connectivity index (χ1) is 9.73. The average Bonchev–Trinajstić information content (AvgIpc) is 2.69. The van der Waals surface area contributed by atoms with Crippen LogP contribution in [0.25, 0.3) is 0 Å². The number of aryl methyl sites for hydroxylation is 1. The van der Waals surface area contributed by atoms with Crippen LogP contribution in [-0.4, -0.2) is 6.61 Å². The quantitative estimate of drug-likeness (QED) is 0.821. The van der Waals surface area contributed by atoms with E-state index in [1.807, 2.05) is 0 Å². The molecule has 110 valence electrons. The van der Waals surface area contributed by atoms with Gasteiger partial charge in [0.15, 0.2) is 0 Å². The van der Waals surface area contributed by atoms with Gasteiger partial charge in [-0.3, -0.25) is 0 Å². The molecule has 2 unspecified atom stereocenters. The van der Waals surface area contributed by atoms with Crippen molar-refractivity contribution in [3.05, 3.63) is 29.3 Å². The van der Waals surface area contributed by atoms with E-state index in [0.717, 1.165) is 44.0 Å². The topological polar surface area (TPSA) is 35.2 Å². The monoisotopic (exact) mass is 273 g/mol. The second kappa shape index (κ2) is 5.77. The van der Waals surface area contributed by atoms with Gasteiger partial charge >= 0.3 is 0 Å². The smallest absolute Gasteiger partial charge is 0.127 e. The molecule has 2 N–H and O–H groups in total. The van der Waals surface area contributed by atoms with Crippen molar-refractivity contribution in [1.82, 2.24) is 0 Å². The Hall–Kier alpha value is -1.02. The van der Waals surface area contributed by atoms with Crippen molar-refractivity contribution in [1.29, 1.82) is 0 Å². The molecule has 2 heteroatoms. The first kappa shape index (κ1) is 13.9. The fourth-order valence-corrected chi connectivity index (χ4v) is 3.90. The Morgan fingerprint density at radius 2 is 2.15 bits per heavy atom. The van der Waals surface area contributed by atoms with E-state index in [0.29, 0.717) is 0 Å². The molecule has 2 aliphatic rings. The lowest BCUT2D eigenvalue weighted by Crippen LogP contribution is -2.37. The van der Waals surface area contributed by atoms with E-state index >= 15 is 0 Å². The Morgan fingerprint density at radius 1 is 1.25 bits per heavy atom. The highest BCUT2D eigenvalue weighted by Crippen LogP contribution is 2.42. The Kier molecular flexibility index (Phi) is 4.02. The summed E-state index contributed by atoms with van der Waals surface area (Å²) < 4.78 is 5.99. The third-order valence-electron chi connectivity index (χ3n) is 5.28. The molecule has 1 aliphatic carbocycles. The summed E-state index contributed by atoms with van der Waals surface area (Å²) in [4.78, 5) is 0. The molecule has 1 saturated carbocycles. The Morgan fingerprint density at radius 3 is 3.00 bits per heavy atom. The molecule has 0 spiro atoms. The van der Waals surface area contributed by atoms with Crippen molar-refractivity contribution >= 4 is 0 Å². The summed E-state index contributed by atoms with van der Waals surface area (Å²) in [6.07, 6.45) is 9.61. The first-order valence-corrected chi connectivity index (χ1v) is 8.27. The summed E-state index contributed by atoms with van der Waals surface area (Å²) in [5.41, 5.74) is 9.29. The van der Waals surface area contributed by atoms with Crippen molar-refractivity contribution in [3.8, 4) is 5.75 Å². The van der Waals surface area contributed by atoms with E-state index in [-0.39, 0.29) is 5.54 Å². The van der Waals surface area contributed by atoms with Crippen LogP contribution in [-0.2, 0) is 12.0 Å². The number of benzene rings is 1. The van der Waals surface area contributed by atoms with Gasteiger partial charge in [-0.1, -0.05) is 44.4 Å². The molecule has 3 rings (SSSR count). The van der Waals surface area contributed by atoms with Gasteiger partial charge in [-0.15, -0.1) is 0 Å². The van der Waals surface area contributed by atoms with Crippen LogP contribution in [0, 0.1) is 5.92 Å². The van der Waals surface area contributed by atoms with Crippen LogP contribution in [0.1, 0.15) is 63.0 Å². The summed E-state index contributed by atoms with van der Waals surface area (Å²) in [5.74, 6) is 1.97. The van der Waals surface area contributed by atoms with Gasteiger partial charge < -0.3 is 10.5 Å². The SMILES string of the molecule is CCC1CCCC(N)(c2cccc3c2OCCC3)CC1. The van der Waals surface area contributed by atoms with Gasteiger partial charge in [-0.05, 0) is 43.6 Å². The molecule has 0 bridgehead atoms. The Labute approximate surface area is 122 Å². The molecule has 2 nitrogen and oxygen atoms in total. The zero-order valence-electron chi connectivity index (χ0n) is 12.7. The molecule has 0 saturated heterocycles. The maximum Gasteiger partial charge on any atom is 0.127 e. The minimum atomic E-state index is -0.174. The third kappa shape index (κ3) is 2.58. The van der Waals surface area contributed by atoms with Crippen LogP contribution >= 0.6 is 0 Å². The van der Waals surface area contributed by atoms with E-state index in [9.17, 15) is 0 Å². The highest BCUT2D eigenvalue weighted by molar-refractivity contribution is 5.46. The van der Waals surface area contributed by atoms with E-state index in [1.165, 1.54) is 36.8 Å². The number of rotatable bonds is 2. The fraction of sp³-hybridized carbons (Fsp3) is 0.667. The van der Waals surface area contributed by atoms with Crippen molar-refractivity contribution < 1.29 is 4.74 Å². The minimum absolute atomic E-state index is 0.174.